The van der Waals surface area contributed by atoms with Gasteiger partial charge in [-0.15, -0.1) is 0 Å². The fourth-order valence-corrected chi connectivity index (χ4v) is 1.33. The molecule has 0 fully saturated rings. The van der Waals surface area contributed by atoms with Gasteiger partial charge in [0, 0.05) is 13.2 Å². The van der Waals surface area contributed by atoms with E-state index in [2.05, 4.69) is 33.0 Å². The molecule has 2 heteroatoms. The van der Waals surface area contributed by atoms with Crippen LogP contribution in [0.5, 0.6) is 0 Å². The van der Waals surface area contributed by atoms with E-state index in [1.807, 2.05) is 0 Å². The quantitative estimate of drug-likeness (QED) is 0.565. The van der Waals surface area contributed by atoms with E-state index in [9.17, 15) is 0 Å². The zero-order chi connectivity index (χ0) is 11.5. The van der Waals surface area contributed by atoms with Gasteiger partial charge in [-0.2, -0.15) is 0 Å². The molecule has 0 aromatic heterocycles. The molecule has 0 spiro atoms. The lowest BCUT2D eigenvalue weighted by Gasteiger charge is -2.08. The highest BCUT2D eigenvalue weighted by molar-refractivity contribution is 4.51. The maximum Gasteiger partial charge on any atom is 0.0590 e. The summed E-state index contributed by atoms with van der Waals surface area (Å²) in [6.45, 7) is 12.9. The summed E-state index contributed by atoms with van der Waals surface area (Å²) in [5, 5.41) is 3.40. The van der Waals surface area contributed by atoms with Crippen molar-refractivity contribution >= 4 is 0 Å². The SMILES string of the molecule is CC(C)CCCNCCOCCC(C)C. The van der Waals surface area contributed by atoms with Crippen molar-refractivity contribution < 1.29 is 4.74 Å². The average Bonchev–Trinajstić information content (AvgIpc) is 2.14. The minimum Gasteiger partial charge on any atom is -0.380 e. The standard InChI is InChI=1S/C13H29NO/c1-12(2)6-5-8-14-9-11-15-10-7-13(3)4/h12-14H,5-11H2,1-4H3. The van der Waals surface area contributed by atoms with E-state index < -0.39 is 0 Å². The van der Waals surface area contributed by atoms with Crippen molar-refractivity contribution in [2.45, 2.75) is 47.0 Å². The Bertz CT molecular complexity index is 110. The van der Waals surface area contributed by atoms with Gasteiger partial charge in [-0.25, -0.2) is 0 Å². The summed E-state index contributed by atoms with van der Waals surface area (Å²) >= 11 is 0. The van der Waals surface area contributed by atoms with E-state index in [0.29, 0.717) is 0 Å². The maximum absolute atomic E-state index is 5.51. The Morgan fingerprint density at radius 1 is 0.867 bits per heavy atom. The van der Waals surface area contributed by atoms with Gasteiger partial charge in [0.2, 0.25) is 0 Å². The van der Waals surface area contributed by atoms with Crippen LogP contribution in [0.15, 0.2) is 0 Å². The molecule has 2 nitrogen and oxygen atoms in total. The predicted octanol–water partition coefficient (Wildman–Crippen LogP) is 3.07. The molecule has 0 aromatic rings. The minimum absolute atomic E-state index is 0.754. The maximum atomic E-state index is 5.51. The van der Waals surface area contributed by atoms with E-state index in [1.54, 1.807) is 0 Å². The molecule has 0 heterocycles. The van der Waals surface area contributed by atoms with Crippen LogP contribution >= 0.6 is 0 Å². The summed E-state index contributed by atoms with van der Waals surface area (Å²) in [5.74, 6) is 1.58. The van der Waals surface area contributed by atoms with Crippen LogP contribution in [0.1, 0.15) is 47.0 Å². The average molecular weight is 215 g/mol. The first-order valence-electron chi connectivity index (χ1n) is 6.41. The van der Waals surface area contributed by atoms with Gasteiger partial charge in [-0.3, -0.25) is 0 Å². The summed E-state index contributed by atoms with van der Waals surface area (Å²) < 4.78 is 5.51. The van der Waals surface area contributed by atoms with Crippen molar-refractivity contribution in [2.75, 3.05) is 26.3 Å². The molecule has 0 aromatic carbocycles. The summed E-state index contributed by atoms with van der Waals surface area (Å²) in [6, 6.07) is 0. The molecule has 15 heavy (non-hydrogen) atoms. The van der Waals surface area contributed by atoms with Crippen molar-refractivity contribution in [2.24, 2.45) is 11.8 Å². The second kappa shape index (κ2) is 10.4. The molecule has 0 aliphatic rings. The van der Waals surface area contributed by atoms with Gasteiger partial charge in [-0.05, 0) is 37.6 Å². The number of hydrogen-bond acceptors (Lipinski definition) is 2. The lowest BCUT2D eigenvalue weighted by Crippen LogP contribution is -2.21. The van der Waals surface area contributed by atoms with Gasteiger partial charge in [0.1, 0.15) is 0 Å². The van der Waals surface area contributed by atoms with Gasteiger partial charge in [0.05, 0.1) is 6.61 Å². The topological polar surface area (TPSA) is 21.3 Å². The van der Waals surface area contributed by atoms with Crippen LogP contribution in [0.4, 0.5) is 0 Å². The molecule has 0 bridgehead atoms. The summed E-state index contributed by atoms with van der Waals surface area (Å²) in [6.07, 6.45) is 3.78. The van der Waals surface area contributed by atoms with Gasteiger partial charge in [-0.1, -0.05) is 27.7 Å². The van der Waals surface area contributed by atoms with Gasteiger partial charge >= 0.3 is 0 Å². The molecular formula is C13H29NO. The highest BCUT2D eigenvalue weighted by Gasteiger charge is 1.95. The van der Waals surface area contributed by atoms with E-state index in [0.717, 1.165) is 38.1 Å². The van der Waals surface area contributed by atoms with E-state index in [-0.39, 0.29) is 0 Å². The first kappa shape index (κ1) is 14.9. The molecule has 1 N–H and O–H groups in total. The van der Waals surface area contributed by atoms with Crippen LogP contribution in [0.2, 0.25) is 0 Å². The lowest BCUT2D eigenvalue weighted by molar-refractivity contribution is 0.125. The molecule has 0 atom stereocenters. The molecule has 92 valence electrons. The smallest absolute Gasteiger partial charge is 0.0590 e. The zero-order valence-electron chi connectivity index (χ0n) is 11.0. The molecule has 0 radical (unpaired) electrons. The van der Waals surface area contributed by atoms with Crippen molar-refractivity contribution in [1.29, 1.82) is 0 Å². The number of nitrogens with one attached hydrogen (secondary N) is 1. The fraction of sp³-hybridized carbons (Fsp3) is 1.00. The Morgan fingerprint density at radius 3 is 2.13 bits per heavy atom. The number of ether oxygens (including phenoxy) is 1. The molecule has 0 rings (SSSR count). The second-order valence-corrected chi connectivity index (χ2v) is 5.08. The largest absolute Gasteiger partial charge is 0.380 e. The zero-order valence-corrected chi connectivity index (χ0v) is 11.0. The van der Waals surface area contributed by atoms with Crippen molar-refractivity contribution in [3.05, 3.63) is 0 Å². The minimum atomic E-state index is 0.754. The number of hydrogen-bond donors (Lipinski definition) is 1. The lowest BCUT2D eigenvalue weighted by atomic mass is 10.1. The Balaban J connectivity index is 2.93. The van der Waals surface area contributed by atoms with Crippen LogP contribution in [-0.4, -0.2) is 26.3 Å². The summed E-state index contributed by atoms with van der Waals surface area (Å²) in [4.78, 5) is 0. The van der Waals surface area contributed by atoms with E-state index in [4.69, 9.17) is 4.74 Å². The molecule has 0 saturated carbocycles. The highest BCUT2D eigenvalue weighted by atomic mass is 16.5. The Morgan fingerprint density at radius 2 is 1.53 bits per heavy atom. The van der Waals surface area contributed by atoms with E-state index >= 15 is 0 Å². The van der Waals surface area contributed by atoms with Crippen LogP contribution in [0.3, 0.4) is 0 Å². The van der Waals surface area contributed by atoms with Crippen molar-refractivity contribution in [3.8, 4) is 0 Å². The first-order valence-corrected chi connectivity index (χ1v) is 6.41. The van der Waals surface area contributed by atoms with Crippen LogP contribution in [-0.2, 0) is 4.74 Å². The summed E-state index contributed by atoms with van der Waals surface area (Å²) in [5.41, 5.74) is 0. The fourth-order valence-electron chi connectivity index (χ4n) is 1.33. The number of rotatable bonds is 10. The third-order valence-electron chi connectivity index (χ3n) is 2.40. The van der Waals surface area contributed by atoms with E-state index in [1.165, 1.54) is 19.3 Å². The Labute approximate surface area is 95.8 Å². The molecular weight excluding hydrogens is 186 g/mol. The second-order valence-electron chi connectivity index (χ2n) is 5.08. The monoisotopic (exact) mass is 215 g/mol. The van der Waals surface area contributed by atoms with Crippen molar-refractivity contribution in [1.82, 2.24) is 5.32 Å². The van der Waals surface area contributed by atoms with Gasteiger partial charge in [0.15, 0.2) is 0 Å². The normalized spacial score (nSPS) is 11.6. The first-order chi connectivity index (χ1) is 7.13. The molecule has 0 aliphatic heterocycles. The molecule has 0 amide bonds. The van der Waals surface area contributed by atoms with Crippen molar-refractivity contribution in [3.63, 3.8) is 0 Å². The highest BCUT2D eigenvalue weighted by Crippen LogP contribution is 2.01. The Kier molecular flexibility index (Phi) is 10.4. The van der Waals surface area contributed by atoms with Crippen LogP contribution in [0.25, 0.3) is 0 Å². The van der Waals surface area contributed by atoms with Crippen LogP contribution < -0.4 is 5.32 Å². The molecule has 0 unspecified atom stereocenters. The van der Waals surface area contributed by atoms with Crippen LogP contribution in [0, 0.1) is 11.8 Å². The summed E-state index contributed by atoms with van der Waals surface area (Å²) in [7, 11) is 0. The third-order valence-corrected chi connectivity index (χ3v) is 2.40. The molecule has 0 aliphatic carbocycles. The third kappa shape index (κ3) is 13.9. The van der Waals surface area contributed by atoms with Gasteiger partial charge in [0.25, 0.3) is 0 Å². The Hall–Kier alpha value is -0.0800. The van der Waals surface area contributed by atoms with Gasteiger partial charge < -0.3 is 10.1 Å². The predicted molar refractivity (Wildman–Crippen MR) is 67.2 cm³/mol. The molecule has 0 saturated heterocycles.